The van der Waals surface area contributed by atoms with E-state index in [4.69, 9.17) is 5.73 Å². The van der Waals surface area contributed by atoms with Crippen molar-refractivity contribution in [2.45, 2.75) is 13.1 Å². The van der Waals surface area contributed by atoms with Crippen LogP contribution >= 0.6 is 15.9 Å². The first-order valence-corrected chi connectivity index (χ1v) is 6.83. The van der Waals surface area contributed by atoms with E-state index in [-0.39, 0.29) is 12.4 Å². The molecule has 19 heavy (non-hydrogen) atoms. The molecule has 0 bridgehead atoms. The fourth-order valence-electron chi connectivity index (χ4n) is 1.89. The van der Waals surface area contributed by atoms with Crippen LogP contribution in [0.2, 0.25) is 0 Å². The zero-order valence-corrected chi connectivity index (χ0v) is 12.3. The van der Waals surface area contributed by atoms with E-state index in [0.717, 1.165) is 16.7 Å². The summed E-state index contributed by atoms with van der Waals surface area (Å²) < 4.78 is 14.7. The van der Waals surface area contributed by atoms with Gasteiger partial charge >= 0.3 is 0 Å². The van der Waals surface area contributed by atoms with Crippen LogP contribution in [0.1, 0.15) is 11.1 Å². The van der Waals surface area contributed by atoms with Gasteiger partial charge in [-0.15, -0.1) is 0 Å². The molecule has 4 heteroatoms. The molecule has 0 aliphatic heterocycles. The molecule has 2 N–H and O–H groups in total. The second-order valence-electron chi connectivity index (χ2n) is 4.46. The summed E-state index contributed by atoms with van der Waals surface area (Å²) in [7, 11) is 1.94. The molecular formula is C15H16BrFN2. The molecule has 2 aromatic rings. The van der Waals surface area contributed by atoms with Gasteiger partial charge in [0.2, 0.25) is 0 Å². The molecule has 100 valence electrons. The quantitative estimate of drug-likeness (QED) is 0.930. The molecule has 0 unspecified atom stereocenters. The Morgan fingerprint density at radius 3 is 2.42 bits per heavy atom. The monoisotopic (exact) mass is 322 g/mol. The van der Waals surface area contributed by atoms with Gasteiger partial charge in [0.15, 0.2) is 0 Å². The number of nitrogens with zero attached hydrogens (tertiary/aromatic N) is 1. The molecule has 0 saturated heterocycles. The maximum atomic E-state index is 13.7. The maximum Gasteiger partial charge on any atom is 0.129 e. The van der Waals surface area contributed by atoms with Crippen LogP contribution < -0.4 is 10.6 Å². The summed E-state index contributed by atoms with van der Waals surface area (Å²) in [5, 5.41) is 0. The number of hydrogen-bond donors (Lipinski definition) is 1. The van der Waals surface area contributed by atoms with Gasteiger partial charge in [0, 0.05) is 35.9 Å². The van der Waals surface area contributed by atoms with E-state index >= 15 is 0 Å². The Kier molecular flexibility index (Phi) is 4.56. The third kappa shape index (κ3) is 3.55. The van der Waals surface area contributed by atoms with Crippen LogP contribution in [-0.2, 0) is 13.1 Å². The van der Waals surface area contributed by atoms with Crippen molar-refractivity contribution >= 4 is 21.6 Å². The molecule has 0 heterocycles. The fraction of sp³-hybridized carbons (Fsp3) is 0.200. The summed E-state index contributed by atoms with van der Waals surface area (Å²) in [5.41, 5.74) is 8.02. The van der Waals surface area contributed by atoms with Crippen LogP contribution in [-0.4, -0.2) is 7.05 Å². The Morgan fingerprint density at radius 2 is 1.84 bits per heavy atom. The zero-order chi connectivity index (χ0) is 13.8. The molecule has 2 rings (SSSR count). The van der Waals surface area contributed by atoms with E-state index in [1.165, 1.54) is 11.6 Å². The highest BCUT2D eigenvalue weighted by molar-refractivity contribution is 9.10. The number of benzene rings is 2. The van der Waals surface area contributed by atoms with Crippen molar-refractivity contribution in [2.24, 2.45) is 5.73 Å². The Morgan fingerprint density at radius 1 is 1.16 bits per heavy atom. The molecular weight excluding hydrogens is 307 g/mol. The molecule has 0 atom stereocenters. The smallest absolute Gasteiger partial charge is 0.129 e. The average Bonchev–Trinajstić information content (AvgIpc) is 2.41. The summed E-state index contributed by atoms with van der Waals surface area (Å²) in [5.74, 6) is -0.248. The van der Waals surface area contributed by atoms with Crippen molar-refractivity contribution in [3.63, 3.8) is 0 Å². The third-order valence-corrected chi connectivity index (χ3v) is 3.56. The predicted molar refractivity (Wildman–Crippen MR) is 80.5 cm³/mol. The van der Waals surface area contributed by atoms with Crippen LogP contribution in [0, 0.1) is 5.82 Å². The summed E-state index contributed by atoms with van der Waals surface area (Å²) in [6.45, 7) is 0.956. The first-order valence-electron chi connectivity index (χ1n) is 6.04. The largest absolute Gasteiger partial charge is 0.370 e. The first kappa shape index (κ1) is 14.0. The van der Waals surface area contributed by atoms with E-state index < -0.39 is 0 Å². The third-order valence-electron chi connectivity index (χ3n) is 3.03. The minimum Gasteiger partial charge on any atom is -0.370 e. The molecule has 0 aliphatic carbocycles. The Labute approximate surface area is 121 Å². The summed E-state index contributed by atoms with van der Waals surface area (Å²) >= 11 is 3.41. The Bertz CT molecular complexity index is 555. The van der Waals surface area contributed by atoms with Crippen LogP contribution in [0.3, 0.4) is 0 Å². The van der Waals surface area contributed by atoms with Gasteiger partial charge in [-0.2, -0.15) is 0 Å². The van der Waals surface area contributed by atoms with Gasteiger partial charge in [0.25, 0.3) is 0 Å². The number of anilines is 1. The second-order valence-corrected chi connectivity index (χ2v) is 5.38. The van der Waals surface area contributed by atoms with Gasteiger partial charge in [-0.1, -0.05) is 34.1 Å². The van der Waals surface area contributed by atoms with Gasteiger partial charge in [0.1, 0.15) is 5.82 Å². The lowest BCUT2D eigenvalue weighted by atomic mass is 10.1. The number of nitrogens with two attached hydrogens (primary N) is 1. The Balaban J connectivity index is 2.13. The van der Waals surface area contributed by atoms with E-state index in [9.17, 15) is 4.39 Å². The second kappa shape index (κ2) is 6.17. The van der Waals surface area contributed by atoms with Crippen molar-refractivity contribution in [3.8, 4) is 0 Å². The van der Waals surface area contributed by atoms with Gasteiger partial charge in [-0.25, -0.2) is 4.39 Å². The van der Waals surface area contributed by atoms with Gasteiger partial charge in [-0.3, -0.25) is 0 Å². The number of hydrogen-bond acceptors (Lipinski definition) is 2. The minimum atomic E-state index is -0.248. The van der Waals surface area contributed by atoms with Gasteiger partial charge < -0.3 is 10.6 Å². The van der Waals surface area contributed by atoms with Crippen molar-refractivity contribution in [3.05, 3.63) is 63.9 Å². The highest BCUT2D eigenvalue weighted by Gasteiger charge is 2.06. The first-order chi connectivity index (χ1) is 9.10. The predicted octanol–water partition coefficient (Wildman–Crippen LogP) is 3.68. The van der Waals surface area contributed by atoms with Crippen LogP contribution in [0.25, 0.3) is 0 Å². The SMILES string of the molecule is CN(Cc1ccc(Br)cc1)c1ccc(CN)c(F)c1. The topological polar surface area (TPSA) is 29.3 Å². The molecule has 0 aromatic heterocycles. The molecule has 2 nitrogen and oxygen atoms in total. The number of rotatable bonds is 4. The van der Waals surface area contributed by atoms with E-state index in [1.807, 2.05) is 42.3 Å². The molecule has 0 fully saturated rings. The van der Waals surface area contributed by atoms with E-state index in [0.29, 0.717) is 5.56 Å². The van der Waals surface area contributed by atoms with Crippen molar-refractivity contribution in [1.82, 2.24) is 0 Å². The summed E-state index contributed by atoms with van der Waals surface area (Å²) in [4.78, 5) is 2.01. The highest BCUT2D eigenvalue weighted by atomic mass is 79.9. The van der Waals surface area contributed by atoms with E-state index in [2.05, 4.69) is 15.9 Å². The molecule has 0 spiro atoms. The molecule has 0 radical (unpaired) electrons. The van der Waals surface area contributed by atoms with Crippen molar-refractivity contribution in [1.29, 1.82) is 0 Å². The zero-order valence-electron chi connectivity index (χ0n) is 10.7. The normalized spacial score (nSPS) is 10.5. The van der Waals surface area contributed by atoms with Crippen LogP contribution in [0.15, 0.2) is 46.9 Å². The van der Waals surface area contributed by atoms with E-state index in [1.54, 1.807) is 6.07 Å². The standard InChI is InChI=1S/C15H16BrFN2/c1-19(10-11-2-5-13(16)6-3-11)14-7-4-12(9-18)15(17)8-14/h2-8H,9-10,18H2,1H3. The minimum absolute atomic E-state index is 0.225. The van der Waals surface area contributed by atoms with Crippen molar-refractivity contribution in [2.75, 3.05) is 11.9 Å². The summed E-state index contributed by atoms with van der Waals surface area (Å²) in [6, 6.07) is 13.3. The lowest BCUT2D eigenvalue weighted by Gasteiger charge is -2.20. The van der Waals surface area contributed by atoms with Gasteiger partial charge in [0.05, 0.1) is 0 Å². The molecule has 2 aromatic carbocycles. The maximum absolute atomic E-state index is 13.7. The van der Waals surface area contributed by atoms with Crippen LogP contribution in [0.4, 0.5) is 10.1 Å². The summed E-state index contributed by atoms with van der Waals surface area (Å²) in [6.07, 6.45) is 0. The fourth-order valence-corrected chi connectivity index (χ4v) is 2.16. The Hall–Kier alpha value is -1.39. The number of halogens is 2. The molecule has 0 aliphatic rings. The van der Waals surface area contributed by atoms with Crippen molar-refractivity contribution < 1.29 is 4.39 Å². The average molecular weight is 323 g/mol. The highest BCUT2D eigenvalue weighted by Crippen LogP contribution is 2.20. The van der Waals surface area contributed by atoms with Gasteiger partial charge in [-0.05, 0) is 29.8 Å². The lowest BCUT2D eigenvalue weighted by molar-refractivity contribution is 0.610. The molecule has 0 amide bonds. The van der Waals surface area contributed by atoms with Crippen LogP contribution in [0.5, 0.6) is 0 Å². The lowest BCUT2D eigenvalue weighted by Crippen LogP contribution is -2.16. The molecule has 0 saturated carbocycles.